The second-order valence-electron chi connectivity index (χ2n) is 11.8. The Kier molecular flexibility index (Phi) is 8.12. The zero-order chi connectivity index (χ0) is 25.4. The molecule has 0 aromatic carbocycles. The van der Waals surface area contributed by atoms with Crippen molar-refractivity contribution in [1.82, 2.24) is 20.0 Å². The van der Waals surface area contributed by atoms with Crippen molar-refractivity contribution < 1.29 is 18.7 Å². The summed E-state index contributed by atoms with van der Waals surface area (Å²) in [6.07, 6.45) is 9.84. The van der Waals surface area contributed by atoms with E-state index in [2.05, 4.69) is 15.1 Å². The standard InChI is InChI=1S/C28H43FN4O3S/c29-21-17-19-25-27(24(21)30-9-6-10-31-13-15-36-16-14-31)37-23-8-3-2-7-22(23)33(25)18-20(26(19)34)28(35)32-11-4-1-5-12-32/h18-19,21-25,27,30H,1-17H2. The number of ketones is 1. The molecule has 1 amide bonds. The van der Waals surface area contributed by atoms with Crippen LogP contribution in [0.5, 0.6) is 0 Å². The van der Waals surface area contributed by atoms with Crippen molar-refractivity contribution in [1.29, 1.82) is 0 Å². The normalized spacial score (nSPS) is 38.6. The molecule has 6 rings (SSSR count). The van der Waals surface area contributed by atoms with Crippen molar-refractivity contribution in [3.63, 3.8) is 0 Å². The van der Waals surface area contributed by atoms with Crippen LogP contribution in [0.25, 0.3) is 0 Å². The summed E-state index contributed by atoms with van der Waals surface area (Å²) >= 11 is 1.95. The van der Waals surface area contributed by atoms with Gasteiger partial charge >= 0.3 is 0 Å². The summed E-state index contributed by atoms with van der Waals surface area (Å²) in [5.74, 6) is -0.648. The molecule has 4 heterocycles. The van der Waals surface area contributed by atoms with Crippen LogP contribution in [-0.2, 0) is 14.3 Å². The molecular formula is C28H43FN4O3S. The van der Waals surface area contributed by atoms with Crippen LogP contribution < -0.4 is 5.32 Å². The van der Waals surface area contributed by atoms with E-state index in [0.29, 0.717) is 16.9 Å². The number of morpholine rings is 1. The van der Waals surface area contributed by atoms with E-state index in [4.69, 9.17) is 4.74 Å². The summed E-state index contributed by atoms with van der Waals surface area (Å²) in [7, 11) is 0. The van der Waals surface area contributed by atoms with Crippen LogP contribution in [-0.4, -0.2) is 114 Å². The molecule has 7 unspecified atom stereocenters. The fraction of sp³-hybridized carbons (Fsp3) is 0.857. The van der Waals surface area contributed by atoms with Gasteiger partial charge in [-0.2, -0.15) is 0 Å². The molecule has 37 heavy (non-hydrogen) atoms. The highest BCUT2D eigenvalue weighted by molar-refractivity contribution is 8.00. The number of piperidine rings is 1. The van der Waals surface area contributed by atoms with Gasteiger partial charge in [-0.1, -0.05) is 12.8 Å². The van der Waals surface area contributed by atoms with Crippen LogP contribution in [0, 0.1) is 5.92 Å². The molecule has 0 bridgehead atoms. The van der Waals surface area contributed by atoms with E-state index in [1.165, 1.54) is 12.8 Å². The molecule has 3 saturated heterocycles. The number of halogens is 1. The second-order valence-corrected chi connectivity index (χ2v) is 13.3. The molecule has 1 N–H and O–H groups in total. The van der Waals surface area contributed by atoms with Gasteiger partial charge in [0, 0.05) is 54.8 Å². The number of nitrogens with zero attached hydrogens (tertiary/aromatic N) is 3. The van der Waals surface area contributed by atoms with E-state index >= 15 is 4.39 Å². The van der Waals surface area contributed by atoms with Crippen molar-refractivity contribution in [2.75, 3.05) is 52.5 Å². The molecule has 7 atom stereocenters. The molecule has 9 heteroatoms. The lowest BCUT2D eigenvalue weighted by Gasteiger charge is -2.59. The minimum atomic E-state index is -1.07. The molecule has 0 radical (unpaired) electrons. The Hall–Kier alpha value is -1.16. The first kappa shape index (κ1) is 26.1. The summed E-state index contributed by atoms with van der Waals surface area (Å²) in [5, 5.41) is 4.08. The smallest absolute Gasteiger partial charge is 0.258 e. The van der Waals surface area contributed by atoms with E-state index in [9.17, 15) is 9.59 Å². The third-order valence-electron chi connectivity index (χ3n) is 9.59. The fourth-order valence-corrected chi connectivity index (χ4v) is 9.73. The number of Topliss-reactive ketones (excluding diaryl/α,β-unsaturated/α-hetero) is 1. The summed E-state index contributed by atoms with van der Waals surface area (Å²) in [6, 6.07) is 0.0817. The number of carbonyl (C=O) groups is 2. The molecule has 2 aliphatic carbocycles. The molecule has 0 aromatic rings. The maximum absolute atomic E-state index is 15.9. The Morgan fingerprint density at radius 3 is 2.68 bits per heavy atom. The summed E-state index contributed by atoms with van der Waals surface area (Å²) < 4.78 is 21.3. The highest BCUT2D eigenvalue weighted by Crippen LogP contribution is 2.51. The van der Waals surface area contributed by atoms with Crippen molar-refractivity contribution in [3.8, 4) is 0 Å². The molecular weight excluding hydrogens is 491 g/mol. The number of alkyl halides is 1. The van der Waals surface area contributed by atoms with Crippen LogP contribution in [0.1, 0.15) is 57.8 Å². The van der Waals surface area contributed by atoms with Gasteiger partial charge in [0.15, 0.2) is 5.78 Å². The van der Waals surface area contributed by atoms with Gasteiger partial charge in [-0.05, 0) is 58.0 Å². The van der Waals surface area contributed by atoms with Gasteiger partial charge in [0.25, 0.3) is 5.91 Å². The average molecular weight is 535 g/mol. The van der Waals surface area contributed by atoms with Crippen LogP contribution in [0.15, 0.2) is 11.8 Å². The number of thioether (sulfide) groups is 1. The Bertz CT molecular complexity index is 877. The zero-order valence-electron chi connectivity index (χ0n) is 22.0. The lowest BCUT2D eigenvalue weighted by atomic mass is 9.72. The number of likely N-dealkylation sites (tertiary alicyclic amines) is 1. The van der Waals surface area contributed by atoms with Crippen LogP contribution in [0.3, 0.4) is 0 Å². The molecule has 6 aliphatic rings. The summed E-state index contributed by atoms with van der Waals surface area (Å²) in [5.41, 5.74) is 0.322. The van der Waals surface area contributed by atoms with Gasteiger partial charge in [0.05, 0.1) is 30.9 Å². The Labute approximate surface area is 224 Å². The molecule has 0 aromatic heterocycles. The third-order valence-corrected chi connectivity index (χ3v) is 11.4. The first-order valence-corrected chi connectivity index (χ1v) is 15.7. The molecule has 5 fully saturated rings. The maximum Gasteiger partial charge on any atom is 0.258 e. The topological polar surface area (TPSA) is 65.1 Å². The van der Waals surface area contributed by atoms with Gasteiger partial charge in [-0.25, -0.2) is 4.39 Å². The first-order chi connectivity index (χ1) is 18.1. The summed E-state index contributed by atoms with van der Waals surface area (Å²) in [4.78, 5) is 33.9. The van der Waals surface area contributed by atoms with Crippen LogP contribution in [0.2, 0.25) is 0 Å². The van der Waals surface area contributed by atoms with E-state index in [1.807, 2.05) is 22.9 Å². The van der Waals surface area contributed by atoms with Crippen LogP contribution in [0.4, 0.5) is 4.39 Å². The minimum absolute atomic E-state index is 0.0153. The Balaban J connectivity index is 1.21. The first-order valence-electron chi connectivity index (χ1n) is 14.8. The fourth-order valence-electron chi connectivity index (χ4n) is 7.64. The number of fused-ring (bicyclic) bond motifs is 2. The minimum Gasteiger partial charge on any atom is -0.379 e. The zero-order valence-corrected chi connectivity index (χ0v) is 22.8. The van der Waals surface area contributed by atoms with Gasteiger partial charge < -0.3 is 19.9 Å². The highest BCUT2D eigenvalue weighted by Gasteiger charge is 2.58. The molecule has 206 valence electrons. The highest BCUT2D eigenvalue weighted by atomic mass is 32.2. The average Bonchev–Trinajstić information content (AvgIpc) is 2.94. The number of hydrogen-bond donors (Lipinski definition) is 1. The molecule has 2 saturated carbocycles. The third kappa shape index (κ3) is 5.22. The van der Waals surface area contributed by atoms with Crippen LogP contribution >= 0.6 is 11.8 Å². The van der Waals surface area contributed by atoms with E-state index in [1.54, 1.807) is 0 Å². The maximum atomic E-state index is 15.9. The van der Waals surface area contributed by atoms with Crippen molar-refractivity contribution in [2.24, 2.45) is 5.92 Å². The Morgan fingerprint density at radius 2 is 1.86 bits per heavy atom. The number of nitrogens with one attached hydrogen (secondary N) is 1. The number of ether oxygens (including phenoxy) is 1. The molecule has 7 nitrogen and oxygen atoms in total. The van der Waals surface area contributed by atoms with Gasteiger partial charge in [0.1, 0.15) is 6.17 Å². The second kappa shape index (κ2) is 11.5. The van der Waals surface area contributed by atoms with E-state index in [0.717, 1.165) is 91.0 Å². The van der Waals surface area contributed by atoms with Crippen molar-refractivity contribution in [3.05, 3.63) is 11.8 Å². The number of carbonyl (C=O) groups excluding carboxylic acids is 2. The lowest BCUT2D eigenvalue weighted by molar-refractivity contribution is -0.134. The monoisotopic (exact) mass is 534 g/mol. The number of amides is 1. The van der Waals surface area contributed by atoms with Crippen molar-refractivity contribution in [2.45, 2.75) is 92.6 Å². The molecule has 0 spiro atoms. The number of hydrogen-bond acceptors (Lipinski definition) is 7. The quantitative estimate of drug-likeness (QED) is 0.415. The largest absolute Gasteiger partial charge is 0.379 e. The van der Waals surface area contributed by atoms with Gasteiger partial charge in [0.2, 0.25) is 0 Å². The van der Waals surface area contributed by atoms with Gasteiger partial charge in [-0.3, -0.25) is 14.5 Å². The SMILES string of the molecule is O=C1C(C(=O)N2CCCCC2)=CN2C3CCCCC3SC3C(NCCCN4CCOCC4)C(F)CC1C32. The predicted octanol–water partition coefficient (Wildman–Crippen LogP) is 2.60. The van der Waals surface area contributed by atoms with Gasteiger partial charge in [-0.15, -0.1) is 11.8 Å². The van der Waals surface area contributed by atoms with E-state index in [-0.39, 0.29) is 35.4 Å². The molecule has 4 aliphatic heterocycles. The number of rotatable bonds is 6. The summed E-state index contributed by atoms with van der Waals surface area (Å²) in [6.45, 7) is 6.79. The predicted molar refractivity (Wildman–Crippen MR) is 143 cm³/mol. The van der Waals surface area contributed by atoms with E-state index < -0.39 is 12.1 Å². The lowest BCUT2D eigenvalue weighted by Crippen LogP contribution is -2.70. The van der Waals surface area contributed by atoms with Crippen molar-refractivity contribution >= 4 is 23.5 Å². The Morgan fingerprint density at radius 1 is 1.08 bits per heavy atom.